The van der Waals surface area contributed by atoms with Gasteiger partial charge < -0.3 is 34.1 Å². The fraction of sp³-hybridized carbons (Fsp3) is 0.190. The van der Waals surface area contributed by atoms with Gasteiger partial charge in [-0.3, -0.25) is 10.6 Å². The SMILES string of the molecule is C#CC#CC#CC#CC#CC#CC#CC#CC#CC#CC.CN1CCC(Nc2csc(C(=O)NCc3ccc4c(N)nccc4c3)c2)CC1.NN=NN[N+](=O)[S-].[HH].[HH].[HH].[HH].[HH].[HH].[HH].[HH].[HH].[HH]. The van der Waals surface area contributed by atoms with Crippen LogP contribution < -0.4 is 27.7 Å². The second kappa shape index (κ2) is 27.6. The van der Waals surface area contributed by atoms with Crippen LogP contribution in [0.15, 0.2) is 52.4 Å². The van der Waals surface area contributed by atoms with E-state index in [4.69, 9.17) is 12.2 Å². The number of carbonyl (C=O) groups is 1. The van der Waals surface area contributed by atoms with Crippen molar-refractivity contribution in [2.24, 2.45) is 16.3 Å². The number of terminal acetylenes is 1. The van der Waals surface area contributed by atoms with E-state index in [2.05, 4.69) is 169 Å². The maximum Gasteiger partial charge on any atom is 0.261 e. The number of nitroso groups, excluding NO2 is 1. The quantitative estimate of drug-likeness (QED) is 0.0525. The Hall–Kier alpha value is -8.02. The Morgan fingerprint density at radius 2 is 1.54 bits per heavy atom. The standard InChI is InChI=1S/C21H25N5OS.C21H4.H3N5OS.10H2/c1-26-8-5-16(6-9-26)25-17-11-19(28-13-17)21(27)24-12-14-2-3-18-15(10-14)4-7-23-20(18)22;1-3-5-7-9-11-13-15-17-19-21-20-18-16-14-12-10-8-6-4-2;1-2-3-4-5(6)7;;;;;;;;;;/h2-4,7,10-11,13,16,25H,5-6,8-9,12H2,1H3,(H2,22,23)(H,24,27);1H,2H3;(H2,1,3)(H,2,4,6,7);10*1H. The number of hydrazine groups is 1. The van der Waals surface area contributed by atoms with Gasteiger partial charge in [0.15, 0.2) is 5.22 Å². The van der Waals surface area contributed by atoms with Crippen molar-refractivity contribution >= 4 is 52.3 Å². The zero-order chi connectivity index (χ0) is 40.6. The number of thiophene rings is 1. The van der Waals surface area contributed by atoms with Gasteiger partial charge in [0.2, 0.25) is 0 Å². The Bertz CT molecular complexity index is 2570. The molecule has 3 heterocycles. The lowest BCUT2D eigenvalue weighted by Gasteiger charge is -2.29. The second-order valence-electron chi connectivity index (χ2n) is 10.4. The van der Waals surface area contributed by atoms with Crippen molar-refractivity contribution in [2.75, 3.05) is 31.2 Å². The lowest BCUT2D eigenvalue weighted by molar-refractivity contribution is -0.444. The van der Waals surface area contributed by atoms with E-state index < -0.39 is 0 Å². The number of anilines is 2. The summed E-state index contributed by atoms with van der Waals surface area (Å²) in [5, 5.41) is 16.1. The first-order valence-electron chi connectivity index (χ1n) is 16.1. The largest absolute Gasteiger partial charge is 0.478 e. The van der Waals surface area contributed by atoms with Crippen LogP contribution in [-0.2, 0) is 19.4 Å². The lowest BCUT2D eigenvalue weighted by atomic mass is 10.1. The third-order valence-electron chi connectivity index (χ3n) is 6.61. The van der Waals surface area contributed by atoms with Gasteiger partial charge >= 0.3 is 0 Å². The van der Waals surface area contributed by atoms with E-state index in [1.165, 1.54) is 11.3 Å². The molecular weight excluding hydrogens is 741 g/mol. The van der Waals surface area contributed by atoms with E-state index >= 15 is 0 Å². The monoisotopic (exact) mass is 792 g/mol. The zero-order valence-electron chi connectivity index (χ0n) is 30.3. The van der Waals surface area contributed by atoms with Crippen molar-refractivity contribution in [2.45, 2.75) is 32.4 Å². The van der Waals surface area contributed by atoms with E-state index in [1.54, 1.807) is 18.7 Å². The average Bonchev–Trinajstić information content (AvgIpc) is 3.67. The predicted octanol–water partition coefficient (Wildman–Crippen LogP) is 5.42. The first kappa shape index (κ1) is 44.1. The number of amides is 1. The number of rotatable bonds is 7. The minimum absolute atomic E-state index is 0. The first-order valence-corrected chi connectivity index (χ1v) is 17.3. The van der Waals surface area contributed by atoms with Crippen molar-refractivity contribution in [3.05, 3.63) is 57.3 Å². The van der Waals surface area contributed by atoms with Crippen LogP contribution in [0.1, 0.15) is 49.3 Å². The van der Waals surface area contributed by atoms with Crippen molar-refractivity contribution in [1.82, 2.24) is 20.7 Å². The Morgan fingerprint density at radius 1 is 0.964 bits per heavy atom. The van der Waals surface area contributed by atoms with E-state index in [0.29, 0.717) is 18.4 Å². The van der Waals surface area contributed by atoms with Gasteiger partial charge in [-0.05, 0) is 169 Å². The maximum atomic E-state index is 12.5. The summed E-state index contributed by atoms with van der Waals surface area (Å²) >= 11 is 5.38. The number of piperidine rings is 1. The number of pyridine rings is 1. The van der Waals surface area contributed by atoms with Gasteiger partial charge in [-0.25, -0.2) is 4.98 Å². The zero-order valence-corrected chi connectivity index (χ0v) is 31.9. The molecule has 1 aliphatic rings. The highest BCUT2D eigenvalue weighted by Crippen LogP contribution is 2.23. The average molecular weight is 793 g/mol. The number of likely N-dealkylation sites (tertiary alicyclic amines) is 1. The number of aromatic nitrogens is 1. The van der Waals surface area contributed by atoms with Crippen molar-refractivity contribution in [3.63, 3.8) is 0 Å². The molecule has 1 saturated heterocycles. The van der Waals surface area contributed by atoms with Gasteiger partial charge in [0.05, 0.1) is 10.1 Å². The van der Waals surface area contributed by atoms with E-state index in [1.807, 2.05) is 35.7 Å². The first-order chi connectivity index (χ1) is 27.3. The summed E-state index contributed by atoms with van der Waals surface area (Å²) in [6, 6.07) is 10.3. The highest BCUT2D eigenvalue weighted by molar-refractivity contribution is 7.51. The van der Waals surface area contributed by atoms with Crippen molar-refractivity contribution in [3.8, 4) is 119 Å². The minimum atomic E-state index is -0.0456. The summed E-state index contributed by atoms with van der Waals surface area (Å²) in [4.78, 5) is 29.3. The summed E-state index contributed by atoms with van der Waals surface area (Å²) in [6.07, 6.45) is 8.87. The van der Waals surface area contributed by atoms with Crippen LogP contribution in [0, 0.1) is 124 Å². The lowest BCUT2D eigenvalue weighted by Crippen LogP contribution is -2.36. The number of fused-ring (bicyclic) bond motifs is 1. The molecule has 3 aromatic rings. The molecule has 14 heteroatoms. The van der Waals surface area contributed by atoms with Crippen LogP contribution >= 0.6 is 11.3 Å². The van der Waals surface area contributed by atoms with Crippen LogP contribution in [-0.4, -0.2) is 46.2 Å². The number of nitrogens with one attached hydrogen (secondary N) is 3. The number of benzene rings is 1. The van der Waals surface area contributed by atoms with Crippen molar-refractivity contribution in [1.29, 1.82) is 0 Å². The molecule has 56 heavy (non-hydrogen) atoms. The molecule has 0 aliphatic carbocycles. The fourth-order valence-corrected chi connectivity index (χ4v) is 4.98. The van der Waals surface area contributed by atoms with Crippen LogP contribution in [0.25, 0.3) is 10.8 Å². The second-order valence-corrected chi connectivity index (χ2v) is 11.7. The van der Waals surface area contributed by atoms with E-state index in [-0.39, 0.29) is 24.4 Å². The van der Waals surface area contributed by atoms with Gasteiger partial charge in [-0.1, -0.05) is 27.2 Å². The Labute approximate surface area is 351 Å². The molecule has 0 radical (unpaired) electrons. The molecule has 1 aliphatic heterocycles. The van der Waals surface area contributed by atoms with Crippen LogP contribution in [0.2, 0.25) is 0 Å². The fourth-order valence-electron chi connectivity index (χ4n) is 4.18. The molecule has 1 fully saturated rings. The molecule has 0 atom stereocenters. The van der Waals surface area contributed by atoms with Gasteiger partial charge in [-0.2, -0.15) is 0 Å². The molecule has 0 unspecified atom stereocenters. The normalized spacial score (nSPS) is 10.4. The molecule has 0 saturated carbocycles. The van der Waals surface area contributed by atoms with Crippen LogP contribution in [0.4, 0.5) is 11.5 Å². The summed E-state index contributed by atoms with van der Waals surface area (Å²) in [6.45, 7) is 4.40. The topological polar surface area (TPSA) is 166 Å². The smallest absolute Gasteiger partial charge is 0.261 e. The van der Waals surface area contributed by atoms with Gasteiger partial charge in [0.1, 0.15) is 5.82 Å². The van der Waals surface area contributed by atoms with Gasteiger partial charge in [-0.15, -0.1) is 17.8 Å². The summed E-state index contributed by atoms with van der Waals surface area (Å²) in [5.41, 5.74) is 9.69. The molecule has 1 aromatic carbocycles. The van der Waals surface area contributed by atoms with Gasteiger partial charge in [0, 0.05) is 61.3 Å². The summed E-state index contributed by atoms with van der Waals surface area (Å²) in [5.74, 6) is 51.8. The van der Waals surface area contributed by atoms with Crippen LogP contribution in [0.3, 0.4) is 0 Å². The third-order valence-corrected chi connectivity index (χ3v) is 7.62. The molecule has 12 nitrogen and oxygen atoms in total. The molecule has 7 N–H and O–H groups in total. The Balaban J connectivity index is -0.000000111. The van der Waals surface area contributed by atoms with Crippen LogP contribution in [0.5, 0.6) is 0 Å². The van der Waals surface area contributed by atoms with Gasteiger partial charge in [0.25, 0.3) is 5.91 Å². The molecule has 0 bridgehead atoms. The summed E-state index contributed by atoms with van der Waals surface area (Å²) in [7, 11) is 2.16. The molecule has 2 aromatic heterocycles. The third kappa shape index (κ3) is 19.6. The number of hydrogen-bond acceptors (Lipinski definition) is 10. The molecule has 4 rings (SSSR count). The number of hydrogen-bond donors (Lipinski definition) is 5. The Morgan fingerprint density at radius 3 is 2.05 bits per heavy atom. The minimum Gasteiger partial charge on any atom is -0.478 e. The molecule has 0 spiro atoms. The highest BCUT2D eigenvalue weighted by Gasteiger charge is 2.17. The molecule has 294 valence electrons. The Kier molecular flexibility index (Phi) is 21.8. The number of nitrogen functional groups attached to an aromatic ring is 1. The maximum absolute atomic E-state index is 12.5. The molecular formula is C42H52N10O2S2. The highest BCUT2D eigenvalue weighted by atomic mass is 32.1. The summed E-state index contributed by atoms with van der Waals surface area (Å²) < 4.78 is -0.0453. The number of nitrogens with two attached hydrogens (primary N) is 2. The number of carbonyl (C=O) groups excluding carboxylic acids is 1. The number of nitrogens with zero attached hydrogens (tertiary/aromatic N) is 5. The van der Waals surface area contributed by atoms with E-state index in [0.717, 1.165) is 52.8 Å². The van der Waals surface area contributed by atoms with Crippen molar-refractivity contribution < 1.29 is 23.3 Å². The predicted molar refractivity (Wildman–Crippen MR) is 245 cm³/mol. The van der Waals surface area contributed by atoms with E-state index in [9.17, 15) is 9.70 Å². The molecule has 1 amide bonds.